The van der Waals surface area contributed by atoms with E-state index >= 15 is 0 Å². The van der Waals surface area contributed by atoms with Crippen molar-refractivity contribution in [1.82, 2.24) is 10.2 Å². The van der Waals surface area contributed by atoms with Gasteiger partial charge >= 0.3 is 18.0 Å². The number of aliphatic carboxylic acids is 2. The van der Waals surface area contributed by atoms with Crippen LogP contribution < -0.4 is 5.32 Å². The summed E-state index contributed by atoms with van der Waals surface area (Å²) in [6.07, 6.45) is -0.288. The molecule has 3 N–H and O–H groups in total. The monoisotopic (exact) mass is 378 g/mol. The zero-order valence-electron chi connectivity index (χ0n) is 14.7. The van der Waals surface area contributed by atoms with Gasteiger partial charge < -0.3 is 20.3 Å². The van der Waals surface area contributed by atoms with Gasteiger partial charge in [0.1, 0.15) is 18.7 Å². The average Bonchev–Trinajstić information content (AvgIpc) is 3.13. The van der Waals surface area contributed by atoms with E-state index in [0.717, 1.165) is 5.56 Å². The Bertz CT molecular complexity index is 692. The van der Waals surface area contributed by atoms with E-state index < -0.39 is 36.0 Å². The van der Waals surface area contributed by atoms with Crippen LogP contribution in [0.5, 0.6) is 0 Å². The number of carbonyl (C=O) groups is 4. The van der Waals surface area contributed by atoms with Crippen LogP contribution in [0.15, 0.2) is 30.3 Å². The Morgan fingerprint density at radius 2 is 1.89 bits per heavy atom. The smallest absolute Gasteiger partial charge is 0.410 e. The van der Waals surface area contributed by atoms with Gasteiger partial charge in [-0.15, -0.1) is 0 Å². The van der Waals surface area contributed by atoms with Crippen LogP contribution in [0, 0.1) is 0 Å². The molecule has 1 saturated heterocycles. The van der Waals surface area contributed by atoms with E-state index in [1.165, 1.54) is 4.90 Å². The van der Waals surface area contributed by atoms with Gasteiger partial charge in [-0.2, -0.15) is 0 Å². The zero-order chi connectivity index (χ0) is 19.8. The van der Waals surface area contributed by atoms with Crippen molar-refractivity contribution in [1.29, 1.82) is 0 Å². The Labute approximate surface area is 155 Å². The third kappa shape index (κ3) is 5.98. The Hall–Kier alpha value is -3.10. The summed E-state index contributed by atoms with van der Waals surface area (Å²) < 4.78 is 5.24. The molecule has 1 aromatic carbocycles. The highest BCUT2D eigenvalue weighted by Crippen LogP contribution is 2.19. The number of nitrogens with zero attached hydrogens (tertiary/aromatic N) is 1. The number of nitrogens with one attached hydrogen (secondary N) is 1. The molecule has 0 radical (unpaired) electrons. The summed E-state index contributed by atoms with van der Waals surface area (Å²) in [5.74, 6) is -3.09. The number of carboxylic acids is 2. The lowest BCUT2D eigenvalue weighted by Gasteiger charge is -2.24. The molecule has 1 aliphatic rings. The van der Waals surface area contributed by atoms with Crippen molar-refractivity contribution in [3.8, 4) is 0 Å². The van der Waals surface area contributed by atoms with E-state index in [-0.39, 0.29) is 19.4 Å². The molecule has 27 heavy (non-hydrogen) atoms. The Kier molecular flexibility index (Phi) is 7.16. The molecule has 0 bridgehead atoms. The van der Waals surface area contributed by atoms with Crippen LogP contribution in [0.1, 0.15) is 31.2 Å². The minimum atomic E-state index is -1.32. The van der Waals surface area contributed by atoms with E-state index in [2.05, 4.69) is 5.32 Å². The first-order valence-electron chi connectivity index (χ1n) is 8.60. The van der Waals surface area contributed by atoms with Crippen LogP contribution in [-0.2, 0) is 25.7 Å². The van der Waals surface area contributed by atoms with Gasteiger partial charge in [-0.05, 0) is 24.8 Å². The number of carboxylic acid groups (broad SMARTS) is 2. The zero-order valence-corrected chi connectivity index (χ0v) is 14.7. The van der Waals surface area contributed by atoms with Crippen LogP contribution in [0.3, 0.4) is 0 Å². The van der Waals surface area contributed by atoms with E-state index in [1.54, 1.807) is 12.1 Å². The lowest BCUT2D eigenvalue weighted by molar-refractivity contribution is -0.143. The Morgan fingerprint density at radius 1 is 1.19 bits per heavy atom. The molecule has 1 aromatic rings. The summed E-state index contributed by atoms with van der Waals surface area (Å²) in [4.78, 5) is 47.8. The molecule has 0 unspecified atom stereocenters. The van der Waals surface area contributed by atoms with Crippen molar-refractivity contribution in [2.75, 3.05) is 6.54 Å². The molecule has 2 rings (SSSR count). The van der Waals surface area contributed by atoms with Gasteiger partial charge in [0, 0.05) is 13.0 Å². The lowest BCUT2D eigenvalue weighted by Crippen LogP contribution is -2.51. The fraction of sp³-hybridized carbons (Fsp3) is 0.444. The molecule has 0 spiro atoms. The molecule has 1 heterocycles. The molecule has 9 heteroatoms. The van der Waals surface area contributed by atoms with Gasteiger partial charge in [-0.25, -0.2) is 9.59 Å². The van der Waals surface area contributed by atoms with Crippen LogP contribution in [-0.4, -0.2) is 57.7 Å². The molecule has 2 atom stereocenters. The number of likely N-dealkylation sites (tertiary alicyclic amines) is 1. The lowest BCUT2D eigenvalue weighted by atomic mass is 10.1. The van der Waals surface area contributed by atoms with Crippen molar-refractivity contribution in [2.45, 2.75) is 44.4 Å². The summed E-state index contributed by atoms with van der Waals surface area (Å²) in [5, 5.41) is 20.2. The molecular weight excluding hydrogens is 356 g/mol. The molecule has 0 aliphatic carbocycles. The highest BCUT2D eigenvalue weighted by molar-refractivity contribution is 5.89. The topological polar surface area (TPSA) is 133 Å². The summed E-state index contributed by atoms with van der Waals surface area (Å²) >= 11 is 0. The SMILES string of the molecule is O=C(O)CC[C@@H](NC(=O)[C@H]1CCCN1C(=O)OCc1ccccc1)C(=O)O. The minimum Gasteiger partial charge on any atom is -0.481 e. The average molecular weight is 378 g/mol. The molecule has 1 fully saturated rings. The molecule has 0 aromatic heterocycles. The highest BCUT2D eigenvalue weighted by Gasteiger charge is 2.36. The summed E-state index contributed by atoms with van der Waals surface area (Å²) in [5.41, 5.74) is 0.811. The largest absolute Gasteiger partial charge is 0.481 e. The number of ether oxygens (including phenoxy) is 1. The number of rotatable bonds is 8. The molecule has 1 aliphatic heterocycles. The maximum absolute atomic E-state index is 12.4. The van der Waals surface area contributed by atoms with Crippen LogP contribution in [0.4, 0.5) is 4.79 Å². The fourth-order valence-electron chi connectivity index (χ4n) is 2.85. The second-order valence-electron chi connectivity index (χ2n) is 6.22. The van der Waals surface area contributed by atoms with E-state index in [9.17, 15) is 19.2 Å². The van der Waals surface area contributed by atoms with Gasteiger partial charge in [0.05, 0.1) is 0 Å². The van der Waals surface area contributed by atoms with Gasteiger partial charge in [-0.3, -0.25) is 14.5 Å². The predicted molar refractivity (Wildman–Crippen MR) is 92.8 cm³/mol. The minimum absolute atomic E-state index is 0.0703. The first kappa shape index (κ1) is 20.2. The van der Waals surface area contributed by atoms with Crippen molar-refractivity contribution in [3.05, 3.63) is 35.9 Å². The third-order valence-corrected chi connectivity index (χ3v) is 4.26. The van der Waals surface area contributed by atoms with Crippen molar-refractivity contribution < 1.29 is 34.1 Å². The van der Waals surface area contributed by atoms with E-state index in [4.69, 9.17) is 14.9 Å². The van der Waals surface area contributed by atoms with Crippen molar-refractivity contribution in [3.63, 3.8) is 0 Å². The number of carbonyl (C=O) groups excluding carboxylic acids is 2. The number of amides is 2. The molecule has 146 valence electrons. The molecular formula is C18H22N2O7. The molecule has 9 nitrogen and oxygen atoms in total. The summed E-state index contributed by atoms with van der Waals surface area (Å²) in [6, 6.07) is 6.94. The van der Waals surface area contributed by atoms with Gasteiger partial charge in [0.15, 0.2) is 0 Å². The fourth-order valence-corrected chi connectivity index (χ4v) is 2.85. The van der Waals surface area contributed by atoms with Crippen LogP contribution in [0.2, 0.25) is 0 Å². The summed E-state index contributed by atoms with van der Waals surface area (Å²) in [7, 11) is 0. The van der Waals surface area contributed by atoms with Gasteiger partial charge in [0.2, 0.25) is 5.91 Å². The van der Waals surface area contributed by atoms with Crippen LogP contribution in [0.25, 0.3) is 0 Å². The van der Waals surface area contributed by atoms with Gasteiger partial charge in [0.25, 0.3) is 0 Å². The second-order valence-corrected chi connectivity index (χ2v) is 6.22. The van der Waals surface area contributed by atoms with E-state index in [1.807, 2.05) is 18.2 Å². The first-order chi connectivity index (χ1) is 12.9. The Balaban J connectivity index is 1.92. The van der Waals surface area contributed by atoms with E-state index in [0.29, 0.717) is 19.4 Å². The number of benzene rings is 1. The molecule has 2 amide bonds. The maximum atomic E-state index is 12.4. The third-order valence-electron chi connectivity index (χ3n) is 4.26. The van der Waals surface area contributed by atoms with Crippen molar-refractivity contribution >= 4 is 23.9 Å². The normalized spacial score (nSPS) is 17.2. The quantitative estimate of drug-likeness (QED) is 0.619. The first-order valence-corrected chi connectivity index (χ1v) is 8.60. The second kappa shape index (κ2) is 9.56. The van der Waals surface area contributed by atoms with Gasteiger partial charge in [-0.1, -0.05) is 30.3 Å². The summed E-state index contributed by atoms with van der Waals surface area (Å²) in [6.45, 7) is 0.402. The van der Waals surface area contributed by atoms with Crippen molar-refractivity contribution in [2.24, 2.45) is 0 Å². The van der Waals surface area contributed by atoms with Crippen LogP contribution >= 0.6 is 0 Å². The number of hydrogen-bond acceptors (Lipinski definition) is 5. The molecule has 0 saturated carbocycles. The number of hydrogen-bond donors (Lipinski definition) is 3. The Morgan fingerprint density at radius 3 is 2.52 bits per heavy atom. The standard InChI is InChI=1S/C18H22N2O7/c21-15(22)9-8-13(17(24)25)19-16(23)14-7-4-10-20(14)18(26)27-11-12-5-2-1-3-6-12/h1-3,5-6,13-14H,4,7-11H2,(H,19,23)(H,21,22)(H,24,25)/t13-,14-/m1/s1. The predicted octanol–water partition coefficient (Wildman–Crippen LogP) is 1.22. The maximum Gasteiger partial charge on any atom is 0.410 e. The highest BCUT2D eigenvalue weighted by atomic mass is 16.6.